The van der Waals surface area contributed by atoms with Crippen LogP contribution < -0.4 is 10.6 Å². The fraction of sp³-hybridized carbons (Fsp3) is 0.333. The van der Waals surface area contributed by atoms with Gasteiger partial charge in [-0.2, -0.15) is 10.4 Å². The molecule has 0 radical (unpaired) electrons. The number of anilines is 1. The number of carbonyl (C=O) groups is 1. The van der Waals surface area contributed by atoms with E-state index in [2.05, 4.69) is 42.8 Å². The van der Waals surface area contributed by atoms with Crippen LogP contribution in [0.2, 0.25) is 0 Å². The molecule has 0 spiro atoms. The minimum atomic E-state index is -0.142. The molecule has 1 heterocycles. The molecule has 2 rings (SSSR count). The van der Waals surface area contributed by atoms with Crippen molar-refractivity contribution in [1.29, 1.82) is 5.26 Å². The van der Waals surface area contributed by atoms with Crippen LogP contribution in [0, 0.1) is 11.3 Å². The van der Waals surface area contributed by atoms with E-state index in [0.29, 0.717) is 30.0 Å². The molecule has 0 aliphatic heterocycles. The van der Waals surface area contributed by atoms with E-state index in [1.54, 1.807) is 12.1 Å². The Hall–Kier alpha value is -2.46. The molecule has 1 amide bonds. The Labute approximate surface area is 155 Å². The van der Waals surface area contributed by atoms with Gasteiger partial charge in [0.1, 0.15) is 11.6 Å². The van der Waals surface area contributed by atoms with Gasteiger partial charge in [0.15, 0.2) is 5.82 Å². The zero-order valence-corrected chi connectivity index (χ0v) is 15.9. The standard InChI is InChI=1S/C18H20BrN5O/c1-3-14-15(11-20)17(24-23-16(14)4-2)21-9-10-22-18(25)12-5-7-13(19)8-6-12/h5-8H,3-4,9-10H2,1-2H3,(H,21,24)(H,22,25). The summed E-state index contributed by atoms with van der Waals surface area (Å²) in [7, 11) is 0. The Kier molecular flexibility index (Phi) is 6.90. The predicted molar refractivity (Wildman–Crippen MR) is 100 cm³/mol. The summed E-state index contributed by atoms with van der Waals surface area (Å²) in [4.78, 5) is 12.0. The highest BCUT2D eigenvalue weighted by Crippen LogP contribution is 2.19. The van der Waals surface area contributed by atoms with Gasteiger partial charge in [-0.25, -0.2) is 0 Å². The molecule has 0 saturated heterocycles. The van der Waals surface area contributed by atoms with Gasteiger partial charge < -0.3 is 10.6 Å². The minimum absolute atomic E-state index is 0.142. The second-order valence-corrected chi connectivity index (χ2v) is 6.27. The number of benzene rings is 1. The smallest absolute Gasteiger partial charge is 0.251 e. The third-order valence-corrected chi connectivity index (χ3v) is 4.30. The number of halogens is 1. The van der Waals surface area contributed by atoms with Crippen molar-refractivity contribution >= 4 is 27.7 Å². The molecule has 130 valence electrons. The number of amides is 1. The Balaban J connectivity index is 1.95. The summed E-state index contributed by atoms with van der Waals surface area (Å²) in [6.07, 6.45) is 1.48. The molecule has 0 aliphatic carbocycles. The van der Waals surface area contributed by atoms with E-state index in [-0.39, 0.29) is 5.91 Å². The molecule has 6 nitrogen and oxygen atoms in total. The van der Waals surface area contributed by atoms with Crippen molar-refractivity contribution in [3.05, 3.63) is 51.1 Å². The number of rotatable bonds is 7. The number of nitrogens with zero attached hydrogens (tertiary/aromatic N) is 3. The zero-order valence-electron chi connectivity index (χ0n) is 14.3. The van der Waals surface area contributed by atoms with Gasteiger partial charge in [-0.1, -0.05) is 29.8 Å². The van der Waals surface area contributed by atoms with Crippen LogP contribution in [0.15, 0.2) is 28.7 Å². The van der Waals surface area contributed by atoms with Crippen LogP contribution in [0.1, 0.15) is 41.0 Å². The largest absolute Gasteiger partial charge is 0.366 e. The van der Waals surface area contributed by atoms with E-state index in [0.717, 1.165) is 28.6 Å². The maximum Gasteiger partial charge on any atom is 0.251 e. The molecule has 0 unspecified atom stereocenters. The lowest BCUT2D eigenvalue weighted by Gasteiger charge is -2.12. The van der Waals surface area contributed by atoms with Gasteiger partial charge in [-0.15, -0.1) is 5.10 Å². The normalized spacial score (nSPS) is 10.2. The van der Waals surface area contributed by atoms with Crippen LogP contribution in [-0.4, -0.2) is 29.2 Å². The molecule has 0 fully saturated rings. The summed E-state index contributed by atoms with van der Waals surface area (Å²) in [5, 5.41) is 23.7. The molecule has 1 aromatic heterocycles. The minimum Gasteiger partial charge on any atom is -0.366 e. The lowest BCUT2D eigenvalue weighted by Crippen LogP contribution is -2.29. The lowest BCUT2D eigenvalue weighted by atomic mass is 10.0. The molecule has 0 atom stereocenters. The highest BCUT2D eigenvalue weighted by Gasteiger charge is 2.14. The number of aryl methyl sites for hydroxylation is 1. The molecule has 2 N–H and O–H groups in total. The van der Waals surface area contributed by atoms with Crippen molar-refractivity contribution in [3.8, 4) is 6.07 Å². The van der Waals surface area contributed by atoms with Gasteiger partial charge in [0, 0.05) is 23.1 Å². The molecule has 0 bridgehead atoms. The molecule has 0 aliphatic rings. The van der Waals surface area contributed by atoms with Crippen LogP contribution in [0.25, 0.3) is 0 Å². The SMILES string of the molecule is CCc1nnc(NCCNC(=O)c2ccc(Br)cc2)c(C#N)c1CC. The van der Waals surface area contributed by atoms with Crippen LogP contribution in [0.4, 0.5) is 5.82 Å². The van der Waals surface area contributed by atoms with Crippen LogP contribution in [0.5, 0.6) is 0 Å². The van der Waals surface area contributed by atoms with E-state index in [1.807, 2.05) is 26.0 Å². The van der Waals surface area contributed by atoms with Crippen molar-refractivity contribution in [1.82, 2.24) is 15.5 Å². The Bertz CT molecular complexity index is 783. The predicted octanol–water partition coefficient (Wildman–Crippen LogP) is 3.08. The molecular formula is C18H20BrN5O. The summed E-state index contributed by atoms with van der Waals surface area (Å²) in [5.41, 5.74) is 2.92. The number of nitriles is 1. The monoisotopic (exact) mass is 401 g/mol. The third kappa shape index (κ3) is 4.77. The van der Waals surface area contributed by atoms with Gasteiger partial charge in [0.2, 0.25) is 0 Å². The maximum absolute atomic E-state index is 12.0. The van der Waals surface area contributed by atoms with Gasteiger partial charge in [-0.05, 0) is 42.7 Å². The topological polar surface area (TPSA) is 90.7 Å². The van der Waals surface area contributed by atoms with Crippen LogP contribution in [0.3, 0.4) is 0 Å². The van der Waals surface area contributed by atoms with E-state index >= 15 is 0 Å². The number of hydrogen-bond acceptors (Lipinski definition) is 5. The number of hydrogen-bond donors (Lipinski definition) is 2. The average molecular weight is 402 g/mol. The van der Waals surface area contributed by atoms with Gasteiger partial charge >= 0.3 is 0 Å². The quantitative estimate of drug-likeness (QED) is 0.695. The Morgan fingerprint density at radius 2 is 1.88 bits per heavy atom. The second-order valence-electron chi connectivity index (χ2n) is 5.36. The summed E-state index contributed by atoms with van der Waals surface area (Å²) in [5.74, 6) is 0.325. The molecular weight excluding hydrogens is 382 g/mol. The second kappa shape index (κ2) is 9.14. The van der Waals surface area contributed by atoms with Crippen LogP contribution >= 0.6 is 15.9 Å². The highest BCUT2D eigenvalue weighted by molar-refractivity contribution is 9.10. The fourth-order valence-electron chi connectivity index (χ4n) is 2.48. The summed E-state index contributed by atoms with van der Waals surface area (Å²) in [6, 6.07) is 9.37. The number of nitrogens with one attached hydrogen (secondary N) is 2. The summed E-state index contributed by atoms with van der Waals surface area (Å²) in [6.45, 7) is 4.87. The highest BCUT2D eigenvalue weighted by atomic mass is 79.9. The molecule has 7 heteroatoms. The summed E-state index contributed by atoms with van der Waals surface area (Å²) < 4.78 is 0.926. The molecule has 2 aromatic rings. The average Bonchev–Trinajstić information content (AvgIpc) is 2.64. The number of aromatic nitrogens is 2. The molecule has 0 saturated carbocycles. The zero-order chi connectivity index (χ0) is 18.2. The van der Waals surface area contributed by atoms with Gasteiger partial charge in [-0.3, -0.25) is 4.79 Å². The fourth-order valence-corrected chi connectivity index (χ4v) is 2.74. The van der Waals surface area contributed by atoms with Crippen molar-refractivity contribution in [2.75, 3.05) is 18.4 Å². The lowest BCUT2D eigenvalue weighted by molar-refractivity contribution is 0.0955. The first-order valence-electron chi connectivity index (χ1n) is 8.16. The van der Waals surface area contributed by atoms with E-state index in [1.165, 1.54) is 0 Å². The van der Waals surface area contributed by atoms with Gasteiger partial charge in [0.05, 0.1) is 5.69 Å². The first kappa shape index (κ1) is 18.9. The Morgan fingerprint density at radius 1 is 1.16 bits per heavy atom. The first-order valence-corrected chi connectivity index (χ1v) is 8.96. The van der Waals surface area contributed by atoms with Gasteiger partial charge in [0.25, 0.3) is 5.91 Å². The molecule has 25 heavy (non-hydrogen) atoms. The van der Waals surface area contributed by atoms with Crippen molar-refractivity contribution in [2.45, 2.75) is 26.7 Å². The third-order valence-electron chi connectivity index (χ3n) is 3.77. The van der Waals surface area contributed by atoms with E-state index in [9.17, 15) is 10.1 Å². The maximum atomic E-state index is 12.0. The van der Waals surface area contributed by atoms with Crippen molar-refractivity contribution in [3.63, 3.8) is 0 Å². The molecule has 1 aromatic carbocycles. The Morgan fingerprint density at radius 3 is 2.48 bits per heavy atom. The van der Waals surface area contributed by atoms with E-state index < -0.39 is 0 Å². The van der Waals surface area contributed by atoms with Crippen molar-refractivity contribution in [2.24, 2.45) is 0 Å². The number of carbonyl (C=O) groups excluding carboxylic acids is 1. The summed E-state index contributed by atoms with van der Waals surface area (Å²) >= 11 is 3.34. The van der Waals surface area contributed by atoms with Crippen molar-refractivity contribution < 1.29 is 4.79 Å². The van der Waals surface area contributed by atoms with E-state index in [4.69, 9.17) is 0 Å². The van der Waals surface area contributed by atoms with Crippen LogP contribution in [-0.2, 0) is 12.8 Å². The first-order chi connectivity index (χ1) is 12.1.